The van der Waals surface area contributed by atoms with Gasteiger partial charge in [-0.15, -0.1) is 11.3 Å². The van der Waals surface area contributed by atoms with Gasteiger partial charge in [0.1, 0.15) is 11.3 Å². The second-order valence-electron chi connectivity index (χ2n) is 4.01. The highest BCUT2D eigenvalue weighted by Gasteiger charge is 2.19. The number of anilines is 1. The lowest BCUT2D eigenvalue weighted by molar-refractivity contribution is 0.102. The number of aromatic nitrogens is 2. The average Bonchev–Trinajstić information content (AvgIpc) is 2.91. The smallest absolute Gasteiger partial charge is 0.266 e. The zero-order valence-corrected chi connectivity index (χ0v) is 10.9. The molecule has 100 valence electrons. The number of aromatic hydroxyl groups is 1. The molecule has 6 nitrogen and oxygen atoms in total. The molecule has 0 aliphatic rings. The SMILES string of the molecule is O=C(Nc1nccs1)c1c(O)c2ccccc2[nH]c1=O. The summed E-state index contributed by atoms with van der Waals surface area (Å²) in [5.74, 6) is -1.03. The molecule has 0 aliphatic carbocycles. The summed E-state index contributed by atoms with van der Waals surface area (Å²) in [5, 5.41) is 15.1. The van der Waals surface area contributed by atoms with Crippen molar-refractivity contribution in [2.24, 2.45) is 0 Å². The number of pyridine rings is 1. The maximum absolute atomic E-state index is 12.1. The predicted octanol–water partition coefficient (Wildman–Crippen LogP) is 1.94. The van der Waals surface area contributed by atoms with Gasteiger partial charge in [-0.05, 0) is 12.1 Å². The molecule has 3 rings (SSSR count). The minimum absolute atomic E-state index is 0.320. The maximum atomic E-state index is 12.1. The molecule has 2 aromatic heterocycles. The van der Waals surface area contributed by atoms with E-state index in [4.69, 9.17) is 0 Å². The van der Waals surface area contributed by atoms with Crippen molar-refractivity contribution in [3.8, 4) is 5.75 Å². The first kappa shape index (κ1) is 12.4. The molecular weight excluding hydrogens is 278 g/mol. The Morgan fingerprint density at radius 3 is 2.90 bits per heavy atom. The van der Waals surface area contributed by atoms with E-state index in [1.54, 1.807) is 29.6 Å². The number of carbonyl (C=O) groups excluding carboxylic acids is 1. The summed E-state index contributed by atoms with van der Waals surface area (Å²) in [5.41, 5.74) is -0.491. The Morgan fingerprint density at radius 1 is 1.35 bits per heavy atom. The van der Waals surface area contributed by atoms with Crippen LogP contribution in [-0.4, -0.2) is 21.0 Å². The van der Waals surface area contributed by atoms with Gasteiger partial charge in [-0.25, -0.2) is 4.98 Å². The van der Waals surface area contributed by atoms with E-state index in [1.807, 2.05) is 0 Å². The van der Waals surface area contributed by atoms with Crippen LogP contribution in [0.3, 0.4) is 0 Å². The quantitative estimate of drug-likeness (QED) is 0.671. The standard InChI is InChI=1S/C13H9N3O3S/c17-10-7-3-1-2-4-8(7)15-11(18)9(10)12(19)16-13-14-5-6-20-13/h1-6H,(H,14,16,19)(H2,15,17,18). The molecular formula is C13H9N3O3S. The number of benzene rings is 1. The van der Waals surface area contributed by atoms with E-state index < -0.39 is 11.5 Å². The van der Waals surface area contributed by atoms with Gasteiger partial charge in [0.15, 0.2) is 5.13 Å². The number of aromatic amines is 1. The van der Waals surface area contributed by atoms with Crippen LogP contribution in [-0.2, 0) is 0 Å². The van der Waals surface area contributed by atoms with Gasteiger partial charge in [0.05, 0.1) is 5.52 Å². The Kier molecular flexibility index (Phi) is 2.96. The largest absolute Gasteiger partial charge is 0.506 e. The lowest BCUT2D eigenvalue weighted by atomic mass is 10.1. The number of carbonyl (C=O) groups is 1. The number of amides is 1. The molecule has 0 radical (unpaired) electrons. The molecule has 3 N–H and O–H groups in total. The van der Waals surface area contributed by atoms with Crippen molar-refractivity contribution in [2.45, 2.75) is 0 Å². The summed E-state index contributed by atoms with van der Waals surface area (Å²) < 4.78 is 0. The summed E-state index contributed by atoms with van der Waals surface area (Å²) in [4.78, 5) is 30.5. The van der Waals surface area contributed by atoms with E-state index in [1.165, 1.54) is 17.5 Å². The van der Waals surface area contributed by atoms with E-state index in [0.717, 1.165) is 0 Å². The first-order valence-corrected chi connectivity index (χ1v) is 6.59. The lowest BCUT2D eigenvalue weighted by Gasteiger charge is -2.06. The molecule has 2 heterocycles. The third-order valence-electron chi connectivity index (χ3n) is 2.77. The molecule has 3 aromatic rings. The second kappa shape index (κ2) is 4.78. The van der Waals surface area contributed by atoms with Gasteiger partial charge in [-0.3, -0.25) is 14.9 Å². The normalized spacial score (nSPS) is 10.6. The monoisotopic (exact) mass is 287 g/mol. The van der Waals surface area contributed by atoms with Gasteiger partial charge < -0.3 is 10.1 Å². The zero-order valence-electron chi connectivity index (χ0n) is 10.1. The number of nitrogens with one attached hydrogen (secondary N) is 2. The van der Waals surface area contributed by atoms with Crippen molar-refractivity contribution in [3.05, 3.63) is 51.8 Å². The van der Waals surface area contributed by atoms with Crippen LogP contribution in [0.2, 0.25) is 0 Å². The molecule has 1 aromatic carbocycles. The van der Waals surface area contributed by atoms with Crippen molar-refractivity contribution in [1.29, 1.82) is 0 Å². The molecule has 0 atom stereocenters. The summed E-state index contributed by atoms with van der Waals surface area (Å²) >= 11 is 1.22. The van der Waals surface area contributed by atoms with Gasteiger partial charge in [0.25, 0.3) is 11.5 Å². The summed E-state index contributed by atoms with van der Waals surface area (Å²) in [6.45, 7) is 0. The predicted molar refractivity (Wildman–Crippen MR) is 76.3 cm³/mol. The molecule has 20 heavy (non-hydrogen) atoms. The van der Waals surface area contributed by atoms with E-state index in [-0.39, 0.29) is 11.3 Å². The number of H-pyrrole nitrogens is 1. The van der Waals surface area contributed by atoms with Crippen LogP contribution in [0.5, 0.6) is 5.75 Å². The summed E-state index contributed by atoms with van der Waals surface area (Å²) in [7, 11) is 0. The molecule has 0 saturated carbocycles. The molecule has 1 amide bonds. The van der Waals surface area contributed by atoms with Crippen LogP contribution in [0.4, 0.5) is 5.13 Å². The first-order chi connectivity index (χ1) is 9.66. The highest BCUT2D eigenvalue weighted by atomic mass is 32.1. The number of rotatable bonds is 2. The van der Waals surface area contributed by atoms with Crippen molar-refractivity contribution >= 4 is 33.3 Å². The van der Waals surface area contributed by atoms with Crippen LogP contribution in [0, 0.1) is 0 Å². The Balaban J connectivity index is 2.11. The van der Waals surface area contributed by atoms with Gasteiger partial charge in [-0.2, -0.15) is 0 Å². The molecule has 0 saturated heterocycles. The third-order valence-corrected chi connectivity index (χ3v) is 3.46. The zero-order chi connectivity index (χ0) is 14.1. The third kappa shape index (κ3) is 2.04. The van der Waals surface area contributed by atoms with E-state index in [9.17, 15) is 14.7 Å². The Morgan fingerprint density at radius 2 is 2.15 bits per heavy atom. The lowest BCUT2D eigenvalue weighted by Crippen LogP contribution is -2.23. The van der Waals surface area contributed by atoms with Gasteiger partial charge in [-0.1, -0.05) is 12.1 Å². The molecule has 0 spiro atoms. The fraction of sp³-hybridized carbons (Fsp3) is 0. The van der Waals surface area contributed by atoms with Crippen molar-refractivity contribution < 1.29 is 9.90 Å². The maximum Gasteiger partial charge on any atom is 0.266 e. The van der Waals surface area contributed by atoms with Crippen molar-refractivity contribution in [1.82, 2.24) is 9.97 Å². The summed E-state index contributed by atoms with van der Waals surface area (Å²) in [6, 6.07) is 6.72. The first-order valence-electron chi connectivity index (χ1n) is 5.71. The number of para-hydroxylation sites is 1. The van der Waals surface area contributed by atoms with Gasteiger partial charge in [0.2, 0.25) is 0 Å². The molecule has 0 unspecified atom stereocenters. The fourth-order valence-electron chi connectivity index (χ4n) is 1.88. The van der Waals surface area contributed by atoms with Crippen molar-refractivity contribution in [2.75, 3.05) is 5.32 Å². The number of nitrogens with zero attached hydrogens (tertiary/aromatic N) is 1. The summed E-state index contributed by atoms with van der Waals surface area (Å²) in [6.07, 6.45) is 1.53. The number of fused-ring (bicyclic) bond motifs is 1. The highest BCUT2D eigenvalue weighted by molar-refractivity contribution is 7.13. The van der Waals surface area contributed by atoms with Crippen LogP contribution >= 0.6 is 11.3 Å². The van der Waals surface area contributed by atoms with Crippen LogP contribution in [0.1, 0.15) is 10.4 Å². The fourth-order valence-corrected chi connectivity index (χ4v) is 2.41. The van der Waals surface area contributed by atoms with Crippen LogP contribution in [0.25, 0.3) is 10.9 Å². The second-order valence-corrected chi connectivity index (χ2v) is 4.91. The van der Waals surface area contributed by atoms with Crippen molar-refractivity contribution in [3.63, 3.8) is 0 Å². The Hall–Kier alpha value is -2.67. The minimum Gasteiger partial charge on any atom is -0.506 e. The molecule has 7 heteroatoms. The van der Waals surface area contributed by atoms with Gasteiger partial charge >= 0.3 is 0 Å². The topological polar surface area (TPSA) is 95.1 Å². The molecule has 0 aliphatic heterocycles. The highest BCUT2D eigenvalue weighted by Crippen LogP contribution is 2.25. The molecule has 0 fully saturated rings. The van der Waals surface area contributed by atoms with E-state index >= 15 is 0 Å². The van der Waals surface area contributed by atoms with Crippen LogP contribution < -0.4 is 10.9 Å². The number of hydrogen-bond acceptors (Lipinski definition) is 5. The Labute approximate surface area is 116 Å². The van der Waals surface area contributed by atoms with E-state index in [2.05, 4.69) is 15.3 Å². The van der Waals surface area contributed by atoms with E-state index in [0.29, 0.717) is 16.0 Å². The van der Waals surface area contributed by atoms with Crippen LogP contribution in [0.15, 0.2) is 40.6 Å². The molecule has 0 bridgehead atoms. The Bertz CT molecular complexity index is 840. The average molecular weight is 287 g/mol. The van der Waals surface area contributed by atoms with Gasteiger partial charge in [0, 0.05) is 17.0 Å². The number of thiazole rings is 1. The minimum atomic E-state index is -0.690. The number of hydrogen-bond donors (Lipinski definition) is 3.